The molecule has 0 bridgehead atoms. The predicted octanol–water partition coefficient (Wildman–Crippen LogP) is 2.13. The lowest BCUT2D eigenvalue weighted by Crippen LogP contribution is -2.40. The third-order valence-electron chi connectivity index (χ3n) is 4.30. The van der Waals surface area contributed by atoms with Crippen molar-refractivity contribution < 1.29 is 13.9 Å². The van der Waals surface area contributed by atoms with Gasteiger partial charge in [0.05, 0.1) is 13.0 Å². The number of halogens is 1. The van der Waals surface area contributed by atoms with Gasteiger partial charge in [-0.1, -0.05) is 12.1 Å². The maximum absolute atomic E-state index is 13.5. The Morgan fingerprint density at radius 3 is 3.00 bits per heavy atom. The number of carbonyl (C=O) groups is 1. The monoisotopic (exact) mass is 332 g/mol. The van der Waals surface area contributed by atoms with Crippen molar-refractivity contribution in [3.05, 3.63) is 42.2 Å². The summed E-state index contributed by atoms with van der Waals surface area (Å²) in [6.45, 7) is 1.56. The second kappa shape index (κ2) is 7.42. The average Bonchev–Trinajstić information content (AvgIpc) is 3.03. The summed E-state index contributed by atoms with van der Waals surface area (Å²) in [6.07, 6.45) is 3.86. The van der Waals surface area contributed by atoms with Crippen LogP contribution in [-0.2, 0) is 11.8 Å². The van der Waals surface area contributed by atoms with Gasteiger partial charge in [0.1, 0.15) is 12.2 Å². The van der Waals surface area contributed by atoms with Crippen LogP contribution in [0.1, 0.15) is 31.0 Å². The van der Waals surface area contributed by atoms with Gasteiger partial charge < -0.3 is 14.2 Å². The minimum Gasteiger partial charge on any atom is -0.490 e. The molecule has 1 saturated heterocycles. The van der Waals surface area contributed by atoms with Crippen LogP contribution in [0.15, 0.2) is 30.6 Å². The van der Waals surface area contributed by atoms with E-state index in [1.54, 1.807) is 24.5 Å². The Morgan fingerprint density at radius 1 is 1.42 bits per heavy atom. The highest BCUT2D eigenvalue weighted by Crippen LogP contribution is 2.25. The number of ether oxygens (including phenoxy) is 1. The number of amides is 1. The van der Waals surface area contributed by atoms with Crippen LogP contribution in [-0.4, -0.2) is 45.3 Å². The zero-order chi connectivity index (χ0) is 16.9. The molecule has 7 heteroatoms. The molecular formula is C17H21FN4O2. The first kappa shape index (κ1) is 16.4. The number of aryl methyl sites for hydroxylation is 1. The molecule has 1 atom stereocenters. The minimum atomic E-state index is -0.412. The fraction of sp³-hybridized carbons (Fsp3) is 0.471. The van der Waals surface area contributed by atoms with Crippen LogP contribution in [0.3, 0.4) is 0 Å². The van der Waals surface area contributed by atoms with Crippen molar-refractivity contribution >= 4 is 5.91 Å². The predicted molar refractivity (Wildman–Crippen MR) is 86.1 cm³/mol. The molecule has 128 valence electrons. The van der Waals surface area contributed by atoms with Gasteiger partial charge in [-0.3, -0.25) is 4.79 Å². The van der Waals surface area contributed by atoms with Crippen LogP contribution >= 0.6 is 0 Å². The lowest BCUT2D eigenvalue weighted by atomic mass is 9.97. The Hall–Kier alpha value is -2.44. The molecule has 0 N–H and O–H groups in total. The van der Waals surface area contributed by atoms with Gasteiger partial charge in [0.2, 0.25) is 5.91 Å². The van der Waals surface area contributed by atoms with E-state index in [0.717, 1.165) is 25.2 Å². The molecular weight excluding hydrogens is 311 g/mol. The zero-order valence-corrected chi connectivity index (χ0v) is 13.7. The Morgan fingerprint density at radius 2 is 2.25 bits per heavy atom. The summed E-state index contributed by atoms with van der Waals surface area (Å²) in [7, 11) is 1.92. The molecule has 1 aliphatic heterocycles. The van der Waals surface area contributed by atoms with Crippen LogP contribution in [0.4, 0.5) is 4.39 Å². The third kappa shape index (κ3) is 3.72. The van der Waals surface area contributed by atoms with Gasteiger partial charge in [-0.25, -0.2) is 4.39 Å². The van der Waals surface area contributed by atoms with Crippen molar-refractivity contribution in [2.45, 2.75) is 25.2 Å². The number of nitrogens with zero attached hydrogens (tertiary/aromatic N) is 4. The number of benzene rings is 1. The van der Waals surface area contributed by atoms with E-state index in [1.807, 2.05) is 16.5 Å². The number of para-hydroxylation sites is 1. The summed E-state index contributed by atoms with van der Waals surface area (Å²) in [6, 6.07) is 6.21. The highest BCUT2D eigenvalue weighted by molar-refractivity contribution is 5.76. The second-order valence-electron chi connectivity index (χ2n) is 6.01. The van der Waals surface area contributed by atoms with Crippen LogP contribution in [0.25, 0.3) is 0 Å². The average molecular weight is 332 g/mol. The summed E-state index contributed by atoms with van der Waals surface area (Å²) in [5, 5.41) is 8.07. The van der Waals surface area contributed by atoms with Crippen molar-refractivity contribution in [1.82, 2.24) is 19.7 Å². The van der Waals surface area contributed by atoms with E-state index in [1.165, 1.54) is 6.07 Å². The lowest BCUT2D eigenvalue weighted by molar-refractivity contribution is -0.133. The summed E-state index contributed by atoms with van der Waals surface area (Å²) in [4.78, 5) is 14.2. The lowest BCUT2D eigenvalue weighted by Gasteiger charge is -2.32. The van der Waals surface area contributed by atoms with Crippen LogP contribution in [0.2, 0.25) is 0 Å². The van der Waals surface area contributed by atoms with Crippen molar-refractivity contribution in [1.29, 1.82) is 0 Å². The maximum atomic E-state index is 13.5. The topological polar surface area (TPSA) is 60.2 Å². The van der Waals surface area contributed by atoms with Crippen molar-refractivity contribution in [2.24, 2.45) is 7.05 Å². The molecule has 2 heterocycles. The first-order chi connectivity index (χ1) is 11.6. The van der Waals surface area contributed by atoms with E-state index in [-0.39, 0.29) is 30.6 Å². The quantitative estimate of drug-likeness (QED) is 0.841. The van der Waals surface area contributed by atoms with Crippen LogP contribution in [0.5, 0.6) is 5.75 Å². The molecule has 0 radical (unpaired) electrons. The van der Waals surface area contributed by atoms with Gasteiger partial charge in [0.15, 0.2) is 11.6 Å². The molecule has 0 spiro atoms. The van der Waals surface area contributed by atoms with E-state index in [0.29, 0.717) is 6.54 Å². The van der Waals surface area contributed by atoms with Crippen molar-refractivity contribution in [2.75, 3.05) is 19.7 Å². The fourth-order valence-electron chi connectivity index (χ4n) is 3.04. The number of hydrogen-bond donors (Lipinski definition) is 0. The van der Waals surface area contributed by atoms with E-state index in [2.05, 4.69) is 10.2 Å². The second-order valence-corrected chi connectivity index (χ2v) is 6.01. The summed E-state index contributed by atoms with van der Waals surface area (Å²) in [5.74, 6) is 0.919. The zero-order valence-electron chi connectivity index (χ0n) is 13.7. The van der Waals surface area contributed by atoms with Crippen molar-refractivity contribution in [3.8, 4) is 5.75 Å². The Balaban J connectivity index is 1.51. The molecule has 0 unspecified atom stereocenters. The molecule has 1 aromatic heterocycles. The standard InChI is InChI=1S/C17H21FN4O2/c1-21-12-19-20-17(21)13-5-4-9-22(11-13)16(23)8-10-24-15-7-3-2-6-14(15)18/h2-3,6-7,12-13H,4-5,8-11H2,1H3/t13-/m1/s1. The summed E-state index contributed by atoms with van der Waals surface area (Å²) >= 11 is 0. The van der Waals surface area contributed by atoms with E-state index in [9.17, 15) is 9.18 Å². The first-order valence-corrected chi connectivity index (χ1v) is 8.14. The van der Waals surface area contributed by atoms with Gasteiger partial charge in [0.25, 0.3) is 0 Å². The molecule has 0 aliphatic carbocycles. The molecule has 1 fully saturated rings. The van der Waals surface area contributed by atoms with E-state index in [4.69, 9.17) is 4.74 Å². The fourth-order valence-corrected chi connectivity index (χ4v) is 3.04. The van der Waals surface area contributed by atoms with Crippen LogP contribution < -0.4 is 4.74 Å². The molecule has 1 aromatic carbocycles. The molecule has 0 saturated carbocycles. The molecule has 2 aromatic rings. The van der Waals surface area contributed by atoms with Crippen molar-refractivity contribution in [3.63, 3.8) is 0 Å². The Kier molecular flexibility index (Phi) is 5.08. The summed E-state index contributed by atoms with van der Waals surface area (Å²) in [5.41, 5.74) is 0. The summed E-state index contributed by atoms with van der Waals surface area (Å²) < 4.78 is 20.7. The van der Waals surface area contributed by atoms with E-state index >= 15 is 0 Å². The largest absolute Gasteiger partial charge is 0.490 e. The van der Waals surface area contributed by atoms with Crippen LogP contribution in [0, 0.1) is 5.82 Å². The Bertz CT molecular complexity index is 703. The number of aromatic nitrogens is 3. The van der Waals surface area contributed by atoms with Gasteiger partial charge in [0, 0.05) is 26.1 Å². The minimum absolute atomic E-state index is 0.0261. The highest BCUT2D eigenvalue weighted by Gasteiger charge is 2.27. The molecule has 1 aliphatic rings. The Labute approximate surface area is 140 Å². The first-order valence-electron chi connectivity index (χ1n) is 8.14. The van der Waals surface area contributed by atoms with Gasteiger partial charge >= 0.3 is 0 Å². The van der Waals surface area contributed by atoms with Gasteiger partial charge in [-0.05, 0) is 25.0 Å². The number of likely N-dealkylation sites (tertiary alicyclic amines) is 1. The smallest absolute Gasteiger partial charge is 0.226 e. The third-order valence-corrected chi connectivity index (χ3v) is 4.30. The number of piperidine rings is 1. The van der Waals surface area contributed by atoms with E-state index < -0.39 is 5.82 Å². The highest BCUT2D eigenvalue weighted by atomic mass is 19.1. The maximum Gasteiger partial charge on any atom is 0.226 e. The molecule has 24 heavy (non-hydrogen) atoms. The SMILES string of the molecule is Cn1cnnc1[C@@H]1CCCN(C(=O)CCOc2ccccc2F)C1. The number of hydrogen-bond acceptors (Lipinski definition) is 4. The molecule has 3 rings (SSSR count). The molecule has 6 nitrogen and oxygen atoms in total. The normalized spacial score (nSPS) is 17.8. The number of rotatable bonds is 5. The van der Waals surface area contributed by atoms with Gasteiger partial charge in [-0.15, -0.1) is 10.2 Å². The van der Waals surface area contributed by atoms with Gasteiger partial charge in [-0.2, -0.15) is 0 Å². The molecule has 1 amide bonds. The number of carbonyl (C=O) groups excluding carboxylic acids is 1.